The molecule has 1 unspecified atom stereocenters. The number of anilines is 1. The Kier molecular flexibility index (Phi) is 4.78. The molecule has 0 heterocycles. The average molecular weight is 291 g/mol. The third-order valence-corrected chi connectivity index (χ3v) is 3.47. The van der Waals surface area contributed by atoms with Gasteiger partial charge in [0.05, 0.1) is 0 Å². The Labute approximate surface area is 123 Å². The van der Waals surface area contributed by atoms with Crippen molar-refractivity contribution >= 4 is 5.69 Å². The van der Waals surface area contributed by atoms with Crippen molar-refractivity contribution < 1.29 is 13.5 Å². The maximum atomic E-state index is 12.2. The van der Waals surface area contributed by atoms with Crippen LogP contribution in [0.5, 0.6) is 5.75 Å². The van der Waals surface area contributed by atoms with Crippen molar-refractivity contribution in [1.29, 1.82) is 0 Å². The van der Waals surface area contributed by atoms with Crippen molar-refractivity contribution in [2.75, 3.05) is 5.32 Å². The van der Waals surface area contributed by atoms with E-state index in [0.29, 0.717) is 0 Å². The third-order valence-electron chi connectivity index (χ3n) is 3.47. The van der Waals surface area contributed by atoms with Gasteiger partial charge in [0, 0.05) is 17.8 Å². The van der Waals surface area contributed by atoms with Gasteiger partial charge >= 0.3 is 6.61 Å². The molecule has 0 saturated carbocycles. The Morgan fingerprint density at radius 2 is 1.76 bits per heavy atom. The molecule has 1 atom stereocenters. The zero-order valence-electron chi connectivity index (χ0n) is 12.4. The molecular weight excluding hydrogens is 272 g/mol. The number of nitrogens with one attached hydrogen (secondary N) is 1. The molecule has 0 saturated heterocycles. The van der Waals surface area contributed by atoms with Crippen molar-refractivity contribution in [2.45, 2.75) is 33.4 Å². The van der Waals surface area contributed by atoms with Gasteiger partial charge in [-0.1, -0.05) is 24.3 Å². The Hall–Kier alpha value is -2.10. The second-order valence-corrected chi connectivity index (χ2v) is 5.12. The highest BCUT2D eigenvalue weighted by Gasteiger charge is 2.08. The quantitative estimate of drug-likeness (QED) is 0.829. The van der Waals surface area contributed by atoms with Gasteiger partial charge in [-0.05, 0) is 49.6 Å². The molecule has 0 fully saturated rings. The molecule has 0 aliphatic heterocycles. The van der Waals surface area contributed by atoms with E-state index >= 15 is 0 Å². The van der Waals surface area contributed by atoms with E-state index in [0.717, 1.165) is 11.3 Å². The molecule has 0 bridgehead atoms. The monoisotopic (exact) mass is 291 g/mol. The standard InChI is InChI=1S/C17H19F2NO/c1-11-7-8-14(9-12(11)2)13(3)20-15-5-4-6-16(10-15)21-17(18)19/h4-10,13,17,20H,1-3H3. The summed E-state index contributed by atoms with van der Waals surface area (Å²) in [5, 5.41) is 3.29. The summed E-state index contributed by atoms with van der Waals surface area (Å²) in [5.41, 5.74) is 4.38. The van der Waals surface area contributed by atoms with E-state index in [9.17, 15) is 8.78 Å². The molecule has 0 aromatic heterocycles. The van der Waals surface area contributed by atoms with E-state index in [4.69, 9.17) is 0 Å². The zero-order chi connectivity index (χ0) is 15.4. The number of rotatable bonds is 5. The lowest BCUT2D eigenvalue weighted by molar-refractivity contribution is -0.0498. The van der Waals surface area contributed by atoms with Gasteiger partial charge in [-0.2, -0.15) is 8.78 Å². The minimum Gasteiger partial charge on any atom is -0.435 e. The summed E-state index contributed by atoms with van der Waals surface area (Å²) in [6, 6.07) is 13.0. The van der Waals surface area contributed by atoms with Gasteiger partial charge in [0.15, 0.2) is 0 Å². The first-order chi connectivity index (χ1) is 9.95. The van der Waals surface area contributed by atoms with Crippen LogP contribution < -0.4 is 10.1 Å². The van der Waals surface area contributed by atoms with Crippen LogP contribution in [0.2, 0.25) is 0 Å². The number of halogens is 2. The molecule has 4 heteroatoms. The Morgan fingerprint density at radius 3 is 2.43 bits per heavy atom. The smallest absolute Gasteiger partial charge is 0.387 e. The van der Waals surface area contributed by atoms with Crippen molar-refractivity contribution in [1.82, 2.24) is 0 Å². The molecule has 112 valence electrons. The van der Waals surface area contributed by atoms with Crippen molar-refractivity contribution in [3.05, 3.63) is 59.2 Å². The second-order valence-electron chi connectivity index (χ2n) is 5.12. The van der Waals surface area contributed by atoms with Crippen LogP contribution in [0.4, 0.5) is 14.5 Å². The molecule has 2 nitrogen and oxygen atoms in total. The van der Waals surface area contributed by atoms with Crippen LogP contribution in [0, 0.1) is 13.8 Å². The van der Waals surface area contributed by atoms with Crippen molar-refractivity contribution in [3.63, 3.8) is 0 Å². The van der Waals surface area contributed by atoms with Crippen LogP contribution in [0.1, 0.15) is 29.7 Å². The van der Waals surface area contributed by atoms with Gasteiger partial charge in [-0.15, -0.1) is 0 Å². The van der Waals surface area contributed by atoms with E-state index in [2.05, 4.69) is 42.1 Å². The Balaban J connectivity index is 2.11. The van der Waals surface area contributed by atoms with Crippen LogP contribution in [0.15, 0.2) is 42.5 Å². The van der Waals surface area contributed by atoms with Gasteiger partial charge in [-0.3, -0.25) is 0 Å². The fourth-order valence-corrected chi connectivity index (χ4v) is 2.13. The van der Waals surface area contributed by atoms with Gasteiger partial charge in [0.2, 0.25) is 0 Å². The van der Waals surface area contributed by atoms with E-state index in [-0.39, 0.29) is 11.8 Å². The SMILES string of the molecule is Cc1ccc(C(C)Nc2cccc(OC(F)F)c2)cc1C. The normalized spacial score (nSPS) is 12.3. The van der Waals surface area contributed by atoms with Gasteiger partial charge < -0.3 is 10.1 Å². The Bertz CT molecular complexity index is 613. The summed E-state index contributed by atoms with van der Waals surface area (Å²) < 4.78 is 28.8. The molecule has 0 amide bonds. The highest BCUT2D eigenvalue weighted by atomic mass is 19.3. The molecule has 2 rings (SSSR count). The highest BCUT2D eigenvalue weighted by molar-refractivity contribution is 5.50. The number of alkyl halides is 2. The van der Waals surface area contributed by atoms with Crippen LogP contribution in [0.3, 0.4) is 0 Å². The predicted molar refractivity (Wildman–Crippen MR) is 81.0 cm³/mol. The minimum atomic E-state index is -2.81. The summed E-state index contributed by atoms with van der Waals surface area (Å²) >= 11 is 0. The first kappa shape index (κ1) is 15.3. The third kappa shape index (κ3) is 4.18. The summed E-state index contributed by atoms with van der Waals surface area (Å²) in [6.07, 6.45) is 0. The second kappa shape index (κ2) is 6.57. The summed E-state index contributed by atoms with van der Waals surface area (Å²) in [6.45, 7) is 3.37. The molecule has 0 spiro atoms. The van der Waals surface area contributed by atoms with E-state index < -0.39 is 6.61 Å². The number of ether oxygens (including phenoxy) is 1. The minimum absolute atomic E-state index is 0.0751. The van der Waals surface area contributed by atoms with Gasteiger partial charge in [0.25, 0.3) is 0 Å². The number of hydrogen-bond acceptors (Lipinski definition) is 2. The van der Waals surface area contributed by atoms with E-state index in [1.807, 2.05) is 13.0 Å². The van der Waals surface area contributed by atoms with Gasteiger partial charge in [0.1, 0.15) is 5.75 Å². The molecule has 0 aliphatic carbocycles. The van der Waals surface area contributed by atoms with Crippen LogP contribution in [-0.2, 0) is 0 Å². The van der Waals surface area contributed by atoms with E-state index in [1.54, 1.807) is 12.1 Å². The largest absolute Gasteiger partial charge is 0.435 e. The first-order valence-electron chi connectivity index (χ1n) is 6.84. The maximum Gasteiger partial charge on any atom is 0.387 e. The molecule has 21 heavy (non-hydrogen) atoms. The van der Waals surface area contributed by atoms with Crippen LogP contribution in [-0.4, -0.2) is 6.61 Å². The fraction of sp³-hybridized carbons (Fsp3) is 0.294. The van der Waals surface area contributed by atoms with Gasteiger partial charge in [-0.25, -0.2) is 0 Å². The summed E-state index contributed by atoms with van der Waals surface area (Å²) in [5.74, 6) is 0.155. The fourth-order valence-electron chi connectivity index (χ4n) is 2.13. The van der Waals surface area contributed by atoms with E-state index in [1.165, 1.54) is 17.2 Å². The predicted octanol–water partition coefficient (Wildman–Crippen LogP) is 5.08. The van der Waals surface area contributed by atoms with Crippen LogP contribution in [0.25, 0.3) is 0 Å². The average Bonchev–Trinajstić information content (AvgIpc) is 2.41. The number of hydrogen-bond donors (Lipinski definition) is 1. The van der Waals surface area contributed by atoms with Crippen molar-refractivity contribution in [3.8, 4) is 5.75 Å². The molecule has 1 N–H and O–H groups in total. The lowest BCUT2D eigenvalue weighted by Crippen LogP contribution is -2.08. The highest BCUT2D eigenvalue weighted by Crippen LogP contribution is 2.24. The lowest BCUT2D eigenvalue weighted by atomic mass is 10.0. The molecule has 0 aliphatic rings. The molecule has 2 aromatic rings. The van der Waals surface area contributed by atoms with Crippen LogP contribution >= 0.6 is 0 Å². The van der Waals surface area contributed by atoms with Crippen molar-refractivity contribution in [2.24, 2.45) is 0 Å². The molecular formula is C17H19F2NO. The Morgan fingerprint density at radius 1 is 1.00 bits per heavy atom. The first-order valence-corrected chi connectivity index (χ1v) is 6.84. The topological polar surface area (TPSA) is 21.3 Å². The number of benzene rings is 2. The number of aryl methyl sites for hydroxylation is 2. The summed E-state index contributed by atoms with van der Waals surface area (Å²) in [4.78, 5) is 0. The molecule has 0 radical (unpaired) electrons. The lowest BCUT2D eigenvalue weighted by Gasteiger charge is -2.17. The zero-order valence-corrected chi connectivity index (χ0v) is 12.4. The maximum absolute atomic E-state index is 12.2. The molecule has 2 aromatic carbocycles. The summed E-state index contributed by atoms with van der Waals surface area (Å²) in [7, 11) is 0.